The number of hydrogen-bond donors (Lipinski definition) is 2. The van der Waals surface area contributed by atoms with Gasteiger partial charge in [-0.3, -0.25) is 0 Å². The highest BCUT2D eigenvalue weighted by atomic mass is 16.2. The minimum absolute atomic E-state index is 0.00165. The lowest BCUT2D eigenvalue weighted by atomic mass is 9.81. The summed E-state index contributed by atoms with van der Waals surface area (Å²) in [4.78, 5) is 34.9. The van der Waals surface area contributed by atoms with E-state index in [1.54, 1.807) is 0 Å². The number of nitrogens with one attached hydrogen (secondary N) is 2. The molecule has 0 spiro atoms. The van der Waals surface area contributed by atoms with Gasteiger partial charge in [0, 0.05) is 77.1 Å². The van der Waals surface area contributed by atoms with Gasteiger partial charge < -0.3 is 30.2 Å². The molecule has 8 heteroatoms. The van der Waals surface area contributed by atoms with Crippen molar-refractivity contribution in [3.05, 3.63) is 48.5 Å². The lowest BCUT2D eigenvalue weighted by molar-refractivity contribution is 0.159. The summed E-state index contributed by atoms with van der Waals surface area (Å²) < 4.78 is 0. The second-order valence-electron chi connectivity index (χ2n) is 12.9. The fraction of sp³-hybridized carbons (Fsp3) is 0.611. The number of unbranched alkanes of at least 4 members (excludes halogenated alkanes) is 4. The maximum absolute atomic E-state index is 13.4. The first-order valence-corrected chi connectivity index (χ1v) is 16.9. The Bertz CT molecular complexity index is 1020. The van der Waals surface area contributed by atoms with Crippen LogP contribution in [-0.2, 0) is 0 Å². The smallest absolute Gasteiger partial charge is 0.321 e. The van der Waals surface area contributed by atoms with Crippen molar-refractivity contribution >= 4 is 34.8 Å². The first-order chi connectivity index (χ1) is 21.2. The van der Waals surface area contributed by atoms with E-state index in [9.17, 15) is 9.59 Å². The van der Waals surface area contributed by atoms with E-state index in [2.05, 4.69) is 34.3 Å². The Morgan fingerprint density at radius 3 is 1.23 bits per heavy atom. The molecule has 0 radical (unpaired) electrons. The van der Waals surface area contributed by atoms with E-state index in [4.69, 9.17) is 0 Å². The van der Waals surface area contributed by atoms with Gasteiger partial charge >= 0.3 is 12.1 Å². The highest BCUT2D eigenvalue weighted by molar-refractivity contribution is 5.90. The van der Waals surface area contributed by atoms with Crippen molar-refractivity contribution in [2.45, 2.75) is 78.1 Å². The van der Waals surface area contributed by atoms with Gasteiger partial charge in [0.05, 0.1) is 0 Å². The average molecular weight is 607 g/mol. The number of anilines is 4. The van der Waals surface area contributed by atoms with E-state index >= 15 is 0 Å². The Morgan fingerprint density at radius 1 is 0.591 bits per heavy atom. The molecule has 0 bridgehead atoms. The number of carbonyl (C=O) groups excluding carboxylic acids is 2. The molecule has 2 aromatic carbocycles. The van der Waals surface area contributed by atoms with E-state index in [-0.39, 0.29) is 12.1 Å². The molecule has 0 atom stereocenters. The minimum atomic E-state index is -0.00165. The summed E-state index contributed by atoms with van der Waals surface area (Å²) in [6.45, 7) is 7.56. The molecule has 1 saturated carbocycles. The number of urea groups is 2. The summed E-state index contributed by atoms with van der Waals surface area (Å²) in [6.07, 6.45) is 11.0. The van der Waals surface area contributed by atoms with Crippen molar-refractivity contribution in [1.82, 2.24) is 9.80 Å². The quantitative estimate of drug-likeness (QED) is 0.188. The summed E-state index contributed by atoms with van der Waals surface area (Å²) in [5.41, 5.74) is 3.89. The third kappa shape index (κ3) is 11.6. The molecule has 4 amide bonds. The number of hydrogen-bond acceptors (Lipinski definition) is 4. The zero-order valence-electron chi connectivity index (χ0n) is 28.3. The highest BCUT2D eigenvalue weighted by Gasteiger charge is 2.27. The van der Waals surface area contributed by atoms with E-state index in [0.29, 0.717) is 11.8 Å². The predicted octanol–water partition coefficient (Wildman–Crippen LogP) is 8.37. The van der Waals surface area contributed by atoms with E-state index in [1.165, 1.54) is 0 Å². The van der Waals surface area contributed by atoms with Crippen LogP contribution in [0, 0.1) is 11.8 Å². The maximum atomic E-state index is 13.4. The molecule has 0 heterocycles. The van der Waals surface area contributed by atoms with Crippen LogP contribution in [0.1, 0.15) is 78.1 Å². The molecule has 3 rings (SSSR count). The first kappa shape index (κ1) is 35.1. The van der Waals surface area contributed by atoms with Crippen molar-refractivity contribution in [1.29, 1.82) is 0 Å². The molecular formula is C36H58N6O2. The van der Waals surface area contributed by atoms with Gasteiger partial charge in [-0.2, -0.15) is 0 Å². The zero-order valence-corrected chi connectivity index (χ0v) is 28.3. The van der Waals surface area contributed by atoms with Gasteiger partial charge in [0.15, 0.2) is 0 Å². The lowest BCUT2D eigenvalue weighted by Crippen LogP contribution is -2.42. The van der Waals surface area contributed by atoms with Crippen LogP contribution >= 0.6 is 0 Å². The number of rotatable bonds is 16. The van der Waals surface area contributed by atoms with Crippen molar-refractivity contribution in [3.63, 3.8) is 0 Å². The number of nitrogens with zero attached hydrogens (tertiary/aromatic N) is 4. The van der Waals surface area contributed by atoms with Crippen LogP contribution < -0.4 is 20.4 Å². The van der Waals surface area contributed by atoms with E-state index in [0.717, 1.165) is 113 Å². The Hall–Kier alpha value is -3.42. The molecule has 244 valence electrons. The molecule has 8 nitrogen and oxygen atoms in total. The monoisotopic (exact) mass is 606 g/mol. The lowest BCUT2D eigenvalue weighted by Gasteiger charge is -2.35. The molecule has 2 N–H and O–H groups in total. The molecule has 0 aliphatic heterocycles. The van der Waals surface area contributed by atoms with Gasteiger partial charge in [-0.1, -0.05) is 39.5 Å². The van der Waals surface area contributed by atoms with Gasteiger partial charge in [-0.05, 0) is 98.9 Å². The fourth-order valence-corrected chi connectivity index (χ4v) is 5.97. The SMILES string of the molecule is CCCCCN(CC1CCC(CN(CCCCC)C(=O)Nc2ccc(N(C)C)cc2)CC1)C(=O)Nc1ccc(N(C)C)cc1. The van der Waals surface area contributed by atoms with Gasteiger partial charge in [0.25, 0.3) is 0 Å². The van der Waals surface area contributed by atoms with Crippen LogP contribution in [-0.4, -0.2) is 76.2 Å². The summed E-state index contributed by atoms with van der Waals surface area (Å²) in [5, 5.41) is 6.28. The summed E-state index contributed by atoms with van der Waals surface area (Å²) >= 11 is 0. The van der Waals surface area contributed by atoms with Crippen LogP contribution in [0.15, 0.2) is 48.5 Å². The maximum Gasteiger partial charge on any atom is 0.321 e. The topological polar surface area (TPSA) is 71.2 Å². The van der Waals surface area contributed by atoms with Crippen LogP contribution in [0.5, 0.6) is 0 Å². The molecule has 2 aromatic rings. The zero-order chi connectivity index (χ0) is 31.9. The van der Waals surface area contributed by atoms with Gasteiger partial charge in [-0.25, -0.2) is 9.59 Å². The molecule has 1 aliphatic carbocycles. The van der Waals surface area contributed by atoms with E-state index in [1.807, 2.05) is 86.5 Å². The summed E-state index contributed by atoms with van der Waals surface area (Å²) in [7, 11) is 8.06. The molecular weight excluding hydrogens is 548 g/mol. The third-order valence-corrected chi connectivity index (χ3v) is 8.83. The Balaban J connectivity index is 1.55. The molecule has 0 aromatic heterocycles. The molecule has 1 fully saturated rings. The van der Waals surface area contributed by atoms with Crippen molar-refractivity contribution in [2.24, 2.45) is 11.8 Å². The number of carbonyl (C=O) groups is 2. The standard InChI is InChI=1S/C36H58N6O2/c1-7-9-11-25-41(35(43)37-31-17-21-33(22-18-31)39(3)4)27-29-13-15-30(16-14-29)28-42(26-12-10-8-2)36(44)38-32-19-23-34(24-20-32)40(5)6/h17-24,29-30H,7-16,25-28H2,1-6H3,(H,37,43)(H,38,44). The Kier molecular flexibility index (Phi) is 14.7. The number of amides is 4. The normalized spacial score (nSPS) is 16.2. The molecule has 1 aliphatic rings. The largest absolute Gasteiger partial charge is 0.378 e. The molecule has 0 unspecified atom stereocenters. The predicted molar refractivity (Wildman–Crippen MR) is 187 cm³/mol. The summed E-state index contributed by atoms with van der Waals surface area (Å²) in [5.74, 6) is 0.986. The van der Waals surface area contributed by atoms with Crippen molar-refractivity contribution in [2.75, 3.05) is 74.8 Å². The van der Waals surface area contributed by atoms with Crippen molar-refractivity contribution in [3.8, 4) is 0 Å². The Morgan fingerprint density at radius 2 is 0.932 bits per heavy atom. The minimum Gasteiger partial charge on any atom is -0.378 e. The van der Waals surface area contributed by atoms with Crippen molar-refractivity contribution < 1.29 is 9.59 Å². The second kappa shape index (κ2) is 18.4. The third-order valence-electron chi connectivity index (χ3n) is 8.83. The first-order valence-electron chi connectivity index (χ1n) is 16.9. The second-order valence-corrected chi connectivity index (χ2v) is 12.9. The van der Waals surface area contributed by atoms with Crippen LogP contribution in [0.3, 0.4) is 0 Å². The van der Waals surface area contributed by atoms with Gasteiger partial charge in [-0.15, -0.1) is 0 Å². The fourth-order valence-electron chi connectivity index (χ4n) is 5.97. The van der Waals surface area contributed by atoms with Crippen LogP contribution in [0.25, 0.3) is 0 Å². The molecule has 0 saturated heterocycles. The Labute approximate surface area is 267 Å². The van der Waals surface area contributed by atoms with Crippen LogP contribution in [0.2, 0.25) is 0 Å². The molecule has 44 heavy (non-hydrogen) atoms. The van der Waals surface area contributed by atoms with Gasteiger partial charge in [0.2, 0.25) is 0 Å². The van der Waals surface area contributed by atoms with Gasteiger partial charge in [0.1, 0.15) is 0 Å². The number of benzene rings is 2. The van der Waals surface area contributed by atoms with Crippen LogP contribution in [0.4, 0.5) is 32.3 Å². The van der Waals surface area contributed by atoms with E-state index < -0.39 is 0 Å². The average Bonchev–Trinajstić information content (AvgIpc) is 3.01. The highest BCUT2D eigenvalue weighted by Crippen LogP contribution is 2.31. The summed E-state index contributed by atoms with van der Waals surface area (Å²) in [6, 6.07) is 16.0.